The Bertz CT molecular complexity index is 494. The Kier molecular flexibility index (Phi) is 3.68. The first-order valence-electron chi connectivity index (χ1n) is 4.94. The molecule has 0 bridgehead atoms. The number of pyridine rings is 1. The average molecular weight is 299 g/mol. The van der Waals surface area contributed by atoms with E-state index < -0.39 is 11.6 Å². The number of benzene rings is 1. The summed E-state index contributed by atoms with van der Waals surface area (Å²) in [5.41, 5.74) is 0.784. The topological polar surface area (TPSA) is 24.9 Å². The number of aromatic nitrogens is 1. The molecule has 1 aromatic heterocycles. The lowest BCUT2D eigenvalue weighted by Crippen LogP contribution is -2.04. The van der Waals surface area contributed by atoms with E-state index in [1.54, 1.807) is 24.5 Å². The Morgan fingerprint density at radius 1 is 1.12 bits per heavy atom. The van der Waals surface area contributed by atoms with Crippen molar-refractivity contribution in [3.05, 3.63) is 58.3 Å². The van der Waals surface area contributed by atoms with Crippen LogP contribution in [-0.4, -0.2) is 4.98 Å². The predicted octanol–water partition coefficient (Wildman–Crippen LogP) is 3.73. The van der Waals surface area contributed by atoms with Gasteiger partial charge in [0.1, 0.15) is 17.3 Å². The molecule has 1 aromatic carbocycles. The Hall–Kier alpha value is -1.49. The maximum atomic E-state index is 13.5. The highest BCUT2D eigenvalue weighted by atomic mass is 79.9. The summed E-state index contributed by atoms with van der Waals surface area (Å²) < 4.78 is 27.3. The first-order valence-corrected chi connectivity index (χ1v) is 5.73. The molecule has 0 spiro atoms. The van der Waals surface area contributed by atoms with E-state index in [0.717, 1.165) is 5.56 Å². The molecule has 0 fully saturated rings. The standard InChI is InChI=1S/C12H9BrF2N2/c13-9-5-10(14)12(11(15)6-9)17-7-8-1-3-16-4-2-8/h1-6,17H,7H2. The van der Waals surface area contributed by atoms with Gasteiger partial charge in [-0.15, -0.1) is 0 Å². The SMILES string of the molecule is Fc1cc(Br)cc(F)c1NCc1ccncc1. The molecule has 0 unspecified atom stereocenters. The summed E-state index contributed by atoms with van der Waals surface area (Å²) in [7, 11) is 0. The average Bonchev–Trinajstić information content (AvgIpc) is 2.29. The zero-order valence-electron chi connectivity index (χ0n) is 8.75. The molecule has 2 rings (SSSR count). The number of nitrogens with one attached hydrogen (secondary N) is 1. The van der Waals surface area contributed by atoms with Gasteiger partial charge in [0.05, 0.1) is 0 Å². The van der Waals surface area contributed by atoms with E-state index in [9.17, 15) is 8.78 Å². The number of hydrogen-bond acceptors (Lipinski definition) is 2. The van der Waals surface area contributed by atoms with Crippen LogP contribution in [0.1, 0.15) is 5.56 Å². The second kappa shape index (κ2) is 5.23. The molecular weight excluding hydrogens is 290 g/mol. The van der Waals surface area contributed by atoms with Crippen molar-refractivity contribution >= 4 is 21.6 Å². The lowest BCUT2D eigenvalue weighted by molar-refractivity contribution is 0.586. The minimum absolute atomic E-state index is 0.120. The molecule has 0 aliphatic carbocycles. The van der Waals surface area contributed by atoms with Gasteiger partial charge in [0.25, 0.3) is 0 Å². The van der Waals surface area contributed by atoms with Gasteiger partial charge in [0, 0.05) is 23.4 Å². The first-order chi connectivity index (χ1) is 8.16. The summed E-state index contributed by atoms with van der Waals surface area (Å²) in [6.07, 6.45) is 3.26. The van der Waals surface area contributed by atoms with Crippen molar-refractivity contribution in [2.24, 2.45) is 0 Å². The summed E-state index contributed by atoms with van der Waals surface area (Å²) in [5.74, 6) is -1.24. The molecule has 0 aliphatic rings. The van der Waals surface area contributed by atoms with Crippen LogP contribution in [0.3, 0.4) is 0 Å². The lowest BCUT2D eigenvalue weighted by Gasteiger charge is -2.09. The summed E-state index contributed by atoms with van der Waals surface area (Å²) >= 11 is 3.03. The molecule has 5 heteroatoms. The van der Waals surface area contributed by atoms with Crippen LogP contribution < -0.4 is 5.32 Å². The number of halogens is 3. The first kappa shape index (κ1) is 12.0. The Morgan fingerprint density at radius 2 is 1.71 bits per heavy atom. The smallest absolute Gasteiger partial charge is 0.150 e. The van der Waals surface area contributed by atoms with E-state index in [2.05, 4.69) is 26.2 Å². The monoisotopic (exact) mass is 298 g/mol. The largest absolute Gasteiger partial charge is 0.376 e. The molecule has 1 heterocycles. The fourth-order valence-corrected chi connectivity index (χ4v) is 1.80. The van der Waals surface area contributed by atoms with Gasteiger partial charge in [-0.3, -0.25) is 4.98 Å². The molecule has 0 atom stereocenters. The van der Waals surface area contributed by atoms with Crippen molar-refractivity contribution in [2.75, 3.05) is 5.32 Å². The minimum Gasteiger partial charge on any atom is -0.376 e. The van der Waals surface area contributed by atoms with Crippen LogP contribution in [0.2, 0.25) is 0 Å². The van der Waals surface area contributed by atoms with E-state index in [1.165, 1.54) is 12.1 Å². The third kappa shape index (κ3) is 3.00. The second-order valence-electron chi connectivity index (χ2n) is 3.45. The number of nitrogens with zero attached hydrogens (tertiary/aromatic N) is 1. The third-order valence-electron chi connectivity index (χ3n) is 2.23. The maximum absolute atomic E-state index is 13.5. The Morgan fingerprint density at radius 3 is 2.29 bits per heavy atom. The molecule has 0 aliphatic heterocycles. The van der Waals surface area contributed by atoms with Crippen LogP contribution >= 0.6 is 15.9 Å². The molecule has 0 radical (unpaired) electrons. The lowest BCUT2D eigenvalue weighted by atomic mass is 10.2. The molecule has 0 amide bonds. The van der Waals surface area contributed by atoms with Crippen LogP contribution in [0.4, 0.5) is 14.5 Å². The van der Waals surface area contributed by atoms with Crippen molar-refractivity contribution in [1.82, 2.24) is 4.98 Å². The summed E-state index contributed by atoms with van der Waals surface area (Å²) in [5, 5.41) is 2.73. The van der Waals surface area contributed by atoms with Crippen LogP contribution in [0.15, 0.2) is 41.1 Å². The van der Waals surface area contributed by atoms with Gasteiger partial charge in [0.15, 0.2) is 0 Å². The van der Waals surface area contributed by atoms with E-state index >= 15 is 0 Å². The van der Waals surface area contributed by atoms with E-state index in [4.69, 9.17) is 0 Å². The highest BCUT2D eigenvalue weighted by molar-refractivity contribution is 9.10. The normalized spacial score (nSPS) is 10.3. The van der Waals surface area contributed by atoms with Crippen molar-refractivity contribution < 1.29 is 8.78 Å². The highest BCUT2D eigenvalue weighted by Gasteiger charge is 2.09. The molecule has 2 nitrogen and oxygen atoms in total. The van der Waals surface area contributed by atoms with Crippen molar-refractivity contribution in [2.45, 2.75) is 6.54 Å². The molecule has 1 N–H and O–H groups in total. The number of anilines is 1. The Balaban J connectivity index is 2.15. The summed E-state index contributed by atoms with van der Waals surface area (Å²) in [6, 6.07) is 6.00. The van der Waals surface area contributed by atoms with Crippen LogP contribution in [0.5, 0.6) is 0 Å². The Labute approximate surface area is 106 Å². The quantitative estimate of drug-likeness (QED) is 0.934. The number of rotatable bonds is 3. The highest BCUT2D eigenvalue weighted by Crippen LogP contribution is 2.24. The number of hydrogen-bond donors (Lipinski definition) is 1. The van der Waals surface area contributed by atoms with Crippen LogP contribution in [-0.2, 0) is 6.54 Å². The molecule has 17 heavy (non-hydrogen) atoms. The van der Waals surface area contributed by atoms with Crippen LogP contribution in [0, 0.1) is 11.6 Å². The van der Waals surface area contributed by atoms with Gasteiger partial charge < -0.3 is 5.32 Å². The van der Waals surface area contributed by atoms with E-state index in [-0.39, 0.29) is 5.69 Å². The molecule has 0 saturated carbocycles. The fraction of sp³-hybridized carbons (Fsp3) is 0.0833. The predicted molar refractivity (Wildman–Crippen MR) is 65.6 cm³/mol. The van der Waals surface area contributed by atoms with Crippen molar-refractivity contribution in [1.29, 1.82) is 0 Å². The fourth-order valence-electron chi connectivity index (χ4n) is 1.40. The zero-order valence-corrected chi connectivity index (χ0v) is 10.3. The van der Waals surface area contributed by atoms with Gasteiger partial charge in [-0.25, -0.2) is 8.78 Å². The zero-order chi connectivity index (χ0) is 12.3. The summed E-state index contributed by atoms with van der Waals surface area (Å²) in [4.78, 5) is 3.86. The third-order valence-corrected chi connectivity index (χ3v) is 2.68. The molecular formula is C12H9BrF2N2. The maximum Gasteiger partial charge on any atom is 0.150 e. The van der Waals surface area contributed by atoms with Gasteiger partial charge in [-0.05, 0) is 29.8 Å². The van der Waals surface area contributed by atoms with E-state index in [1.807, 2.05) is 0 Å². The van der Waals surface area contributed by atoms with Crippen molar-refractivity contribution in [3.8, 4) is 0 Å². The van der Waals surface area contributed by atoms with Gasteiger partial charge >= 0.3 is 0 Å². The van der Waals surface area contributed by atoms with E-state index in [0.29, 0.717) is 11.0 Å². The second-order valence-corrected chi connectivity index (χ2v) is 4.37. The molecule has 0 saturated heterocycles. The van der Waals surface area contributed by atoms with Gasteiger partial charge in [-0.1, -0.05) is 15.9 Å². The van der Waals surface area contributed by atoms with Crippen molar-refractivity contribution in [3.63, 3.8) is 0 Å². The molecule has 88 valence electrons. The summed E-state index contributed by atoms with van der Waals surface area (Å²) in [6.45, 7) is 0.345. The minimum atomic E-state index is -0.620. The van der Waals surface area contributed by atoms with Gasteiger partial charge in [-0.2, -0.15) is 0 Å². The van der Waals surface area contributed by atoms with Gasteiger partial charge in [0.2, 0.25) is 0 Å². The molecule has 2 aromatic rings. The van der Waals surface area contributed by atoms with Crippen LogP contribution in [0.25, 0.3) is 0 Å².